The molecule has 2 aromatic carbocycles. The van der Waals surface area contributed by atoms with Gasteiger partial charge in [-0.25, -0.2) is 9.18 Å². The molecule has 0 bridgehead atoms. The van der Waals surface area contributed by atoms with E-state index in [0.717, 1.165) is 28.4 Å². The zero-order valence-corrected chi connectivity index (χ0v) is 11.6. The van der Waals surface area contributed by atoms with Crippen LogP contribution < -0.4 is 5.32 Å². The molecule has 2 N–H and O–H groups in total. The van der Waals surface area contributed by atoms with E-state index in [2.05, 4.69) is 5.32 Å². The average molecular weight is 273 g/mol. The van der Waals surface area contributed by atoms with E-state index in [0.29, 0.717) is 5.69 Å². The minimum absolute atomic E-state index is 0.0793. The molecular weight excluding hydrogens is 257 g/mol. The molecule has 0 radical (unpaired) electrons. The molecule has 0 saturated carbocycles. The van der Waals surface area contributed by atoms with Crippen molar-refractivity contribution < 1.29 is 14.3 Å². The molecule has 0 unspecified atom stereocenters. The summed E-state index contributed by atoms with van der Waals surface area (Å²) >= 11 is 0. The van der Waals surface area contributed by atoms with Gasteiger partial charge in [0.15, 0.2) is 0 Å². The summed E-state index contributed by atoms with van der Waals surface area (Å²) in [6, 6.07) is 7.73. The first-order chi connectivity index (χ1) is 9.38. The number of hydrogen-bond donors (Lipinski definition) is 2. The molecule has 0 fully saturated rings. The molecule has 0 aliphatic heterocycles. The molecule has 0 amide bonds. The second-order valence-electron chi connectivity index (χ2n) is 4.89. The maximum Gasteiger partial charge on any atom is 0.337 e. The Morgan fingerprint density at radius 1 is 1.10 bits per heavy atom. The quantitative estimate of drug-likeness (QED) is 0.881. The Labute approximate surface area is 117 Å². The number of hydrogen-bond acceptors (Lipinski definition) is 2. The van der Waals surface area contributed by atoms with Gasteiger partial charge in [-0.05, 0) is 50.1 Å². The molecule has 3 nitrogen and oxygen atoms in total. The first kappa shape index (κ1) is 14.1. The maximum atomic E-state index is 13.2. The number of rotatable bonds is 3. The Kier molecular flexibility index (Phi) is 3.74. The fourth-order valence-corrected chi connectivity index (χ4v) is 2.31. The van der Waals surface area contributed by atoms with Gasteiger partial charge in [-0.2, -0.15) is 0 Å². The van der Waals surface area contributed by atoms with Crippen molar-refractivity contribution in [2.45, 2.75) is 20.8 Å². The third kappa shape index (κ3) is 2.79. The molecule has 4 heteroatoms. The van der Waals surface area contributed by atoms with Crippen molar-refractivity contribution in [1.29, 1.82) is 0 Å². The summed E-state index contributed by atoms with van der Waals surface area (Å²) in [5.74, 6) is -1.72. The smallest absolute Gasteiger partial charge is 0.337 e. The van der Waals surface area contributed by atoms with Crippen molar-refractivity contribution in [2.24, 2.45) is 0 Å². The highest BCUT2D eigenvalue weighted by molar-refractivity contribution is 5.95. The highest BCUT2D eigenvalue weighted by Crippen LogP contribution is 2.28. The zero-order chi connectivity index (χ0) is 14.9. The molecule has 0 spiro atoms. The first-order valence-corrected chi connectivity index (χ1v) is 6.26. The Bertz CT molecular complexity index is 657. The van der Waals surface area contributed by atoms with Crippen LogP contribution in [0.2, 0.25) is 0 Å². The van der Waals surface area contributed by atoms with E-state index in [9.17, 15) is 9.18 Å². The van der Waals surface area contributed by atoms with Crippen LogP contribution in [0.3, 0.4) is 0 Å². The van der Waals surface area contributed by atoms with E-state index < -0.39 is 11.8 Å². The summed E-state index contributed by atoms with van der Waals surface area (Å²) in [5.41, 5.74) is 4.33. The molecule has 0 saturated heterocycles. The van der Waals surface area contributed by atoms with Crippen molar-refractivity contribution in [1.82, 2.24) is 0 Å². The number of nitrogens with one attached hydrogen (secondary N) is 1. The maximum absolute atomic E-state index is 13.2. The number of benzene rings is 2. The fraction of sp³-hybridized carbons (Fsp3) is 0.188. The van der Waals surface area contributed by atoms with Gasteiger partial charge in [0.2, 0.25) is 0 Å². The summed E-state index contributed by atoms with van der Waals surface area (Å²) in [6.07, 6.45) is 0. The van der Waals surface area contributed by atoms with Gasteiger partial charge in [-0.15, -0.1) is 0 Å². The van der Waals surface area contributed by atoms with Gasteiger partial charge in [0.1, 0.15) is 5.82 Å². The van der Waals surface area contributed by atoms with E-state index in [1.165, 1.54) is 12.1 Å². The predicted octanol–water partition coefficient (Wildman–Crippen LogP) is 4.19. The lowest BCUT2D eigenvalue weighted by Crippen LogP contribution is -2.05. The lowest BCUT2D eigenvalue weighted by molar-refractivity contribution is 0.0697. The summed E-state index contributed by atoms with van der Waals surface area (Å²) in [5, 5.41) is 12.2. The summed E-state index contributed by atoms with van der Waals surface area (Å²) < 4.78 is 13.2. The van der Waals surface area contributed by atoms with Crippen LogP contribution in [-0.4, -0.2) is 11.1 Å². The van der Waals surface area contributed by atoms with Crippen molar-refractivity contribution in [3.05, 3.63) is 58.4 Å². The molecule has 0 heterocycles. The van der Waals surface area contributed by atoms with Crippen LogP contribution in [-0.2, 0) is 0 Å². The molecule has 0 atom stereocenters. The van der Waals surface area contributed by atoms with E-state index in [1.807, 2.05) is 32.9 Å². The normalized spacial score (nSPS) is 10.4. The van der Waals surface area contributed by atoms with E-state index in [4.69, 9.17) is 5.11 Å². The molecule has 20 heavy (non-hydrogen) atoms. The van der Waals surface area contributed by atoms with E-state index >= 15 is 0 Å². The van der Waals surface area contributed by atoms with Crippen LogP contribution in [0.4, 0.5) is 15.8 Å². The number of halogens is 1. The lowest BCUT2D eigenvalue weighted by atomic mass is 10.0. The van der Waals surface area contributed by atoms with Gasteiger partial charge in [-0.3, -0.25) is 0 Å². The van der Waals surface area contributed by atoms with Crippen molar-refractivity contribution in [3.8, 4) is 0 Å². The van der Waals surface area contributed by atoms with Crippen LogP contribution >= 0.6 is 0 Å². The predicted molar refractivity (Wildman–Crippen MR) is 77.3 cm³/mol. The van der Waals surface area contributed by atoms with Gasteiger partial charge < -0.3 is 10.4 Å². The van der Waals surface area contributed by atoms with Crippen molar-refractivity contribution in [3.63, 3.8) is 0 Å². The monoisotopic (exact) mass is 273 g/mol. The number of carbonyl (C=O) groups is 1. The number of aryl methyl sites for hydroxylation is 3. The average Bonchev–Trinajstić information content (AvgIpc) is 2.34. The van der Waals surface area contributed by atoms with Gasteiger partial charge in [0.05, 0.1) is 11.3 Å². The first-order valence-electron chi connectivity index (χ1n) is 6.26. The Morgan fingerprint density at radius 3 is 2.25 bits per heavy atom. The van der Waals surface area contributed by atoms with Gasteiger partial charge in [-0.1, -0.05) is 17.7 Å². The molecule has 0 aliphatic carbocycles. The van der Waals surface area contributed by atoms with Crippen molar-refractivity contribution in [2.75, 3.05) is 5.32 Å². The molecular formula is C16H16FNO2. The summed E-state index contributed by atoms with van der Waals surface area (Å²) in [4.78, 5) is 11.2. The molecule has 2 rings (SSSR count). The topological polar surface area (TPSA) is 49.3 Å². The van der Waals surface area contributed by atoms with Crippen LogP contribution in [0.1, 0.15) is 27.0 Å². The molecule has 104 valence electrons. The SMILES string of the molecule is Cc1cc(C)c(Nc2ccc(F)cc2C(=O)O)c(C)c1. The summed E-state index contributed by atoms with van der Waals surface area (Å²) in [7, 11) is 0. The summed E-state index contributed by atoms with van der Waals surface area (Å²) in [6.45, 7) is 5.91. The van der Waals surface area contributed by atoms with E-state index in [1.54, 1.807) is 0 Å². The Balaban J connectivity index is 2.48. The van der Waals surface area contributed by atoms with Gasteiger partial charge in [0, 0.05) is 5.69 Å². The number of carboxylic acid groups (broad SMARTS) is 1. The zero-order valence-electron chi connectivity index (χ0n) is 11.6. The minimum atomic E-state index is -1.16. The van der Waals surface area contributed by atoms with Crippen LogP contribution in [0.5, 0.6) is 0 Å². The number of carboxylic acids is 1. The standard InChI is InChI=1S/C16H16FNO2/c1-9-6-10(2)15(11(3)7-9)18-14-5-4-12(17)8-13(14)16(19)20/h4-8,18H,1-3H3,(H,19,20). The van der Waals surface area contributed by atoms with E-state index in [-0.39, 0.29) is 5.56 Å². The Morgan fingerprint density at radius 2 is 1.70 bits per heavy atom. The highest BCUT2D eigenvalue weighted by atomic mass is 19.1. The molecule has 2 aromatic rings. The minimum Gasteiger partial charge on any atom is -0.478 e. The Hall–Kier alpha value is -2.36. The van der Waals surface area contributed by atoms with Gasteiger partial charge >= 0.3 is 5.97 Å². The second kappa shape index (κ2) is 5.33. The second-order valence-corrected chi connectivity index (χ2v) is 4.89. The third-order valence-corrected chi connectivity index (χ3v) is 3.15. The van der Waals surface area contributed by atoms with Crippen LogP contribution in [0.15, 0.2) is 30.3 Å². The fourth-order valence-electron chi connectivity index (χ4n) is 2.31. The lowest BCUT2D eigenvalue weighted by Gasteiger charge is -2.15. The van der Waals surface area contributed by atoms with Gasteiger partial charge in [0.25, 0.3) is 0 Å². The van der Waals surface area contributed by atoms with Crippen LogP contribution in [0.25, 0.3) is 0 Å². The highest BCUT2D eigenvalue weighted by Gasteiger charge is 2.13. The number of anilines is 2. The molecule has 0 aromatic heterocycles. The largest absolute Gasteiger partial charge is 0.478 e. The van der Waals surface area contributed by atoms with Crippen LogP contribution in [0, 0.1) is 26.6 Å². The van der Waals surface area contributed by atoms with Crippen molar-refractivity contribution >= 4 is 17.3 Å². The molecule has 0 aliphatic rings. The number of aromatic carboxylic acids is 1. The third-order valence-electron chi connectivity index (χ3n) is 3.15.